The average Bonchev–Trinajstić information content (AvgIpc) is 3.06. The van der Waals surface area contributed by atoms with E-state index in [4.69, 9.17) is 9.47 Å². The lowest BCUT2D eigenvalue weighted by Crippen LogP contribution is -2.38. The second kappa shape index (κ2) is 11.8. The van der Waals surface area contributed by atoms with Crippen LogP contribution in [0.4, 0.5) is 10.1 Å². The molecule has 0 unspecified atom stereocenters. The van der Waals surface area contributed by atoms with Gasteiger partial charge < -0.3 is 24.3 Å². The summed E-state index contributed by atoms with van der Waals surface area (Å²) in [6.07, 6.45) is 5.31. The maximum Gasteiger partial charge on any atom is 0.259 e. The lowest BCUT2D eigenvalue weighted by Gasteiger charge is -2.29. The summed E-state index contributed by atoms with van der Waals surface area (Å²) in [5, 5.41) is 3.38. The zero-order chi connectivity index (χ0) is 29.3. The van der Waals surface area contributed by atoms with E-state index >= 15 is 4.39 Å². The Balaban J connectivity index is 1.32. The van der Waals surface area contributed by atoms with Gasteiger partial charge in [0.25, 0.3) is 5.91 Å². The molecule has 0 atom stereocenters. The fraction of sp³-hybridized carbons (Fsp3) is 0.353. The van der Waals surface area contributed by atoms with Gasteiger partial charge in [-0.2, -0.15) is 0 Å². The van der Waals surface area contributed by atoms with Crippen LogP contribution in [0.5, 0.6) is 11.5 Å². The number of nitrogens with one attached hydrogen (secondary N) is 1. The van der Waals surface area contributed by atoms with Crippen LogP contribution in [-0.4, -0.2) is 72.8 Å². The molecule has 222 valence electrons. The van der Waals surface area contributed by atoms with Gasteiger partial charge in [-0.15, -0.1) is 0 Å². The van der Waals surface area contributed by atoms with Crippen molar-refractivity contribution in [3.8, 4) is 28.3 Å². The number of likely N-dealkylation sites (tertiary alicyclic amines) is 1. The monoisotopic (exact) mass is 582 g/mol. The van der Waals surface area contributed by atoms with Crippen LogP contribution in [0, 0.1) is 5.82 Å². The molecule has 1 aromatic heterocycles. The van der Waals surface area contributed by atoms with Crippen LogP contribution in [0.3, 0.4) is 0 Å². The number of carbonyl (C=O) groups is 1. The number of aromatic nitrogens is 1. The number of ether oxygens (including phenoxy) is 2. The number of halogens is 1. The minimum absolute atomic E-state index is 0.0453. The Bertz CT molecular complexity index is 1730. The van der Waals surface area contributed by atoms with Gasteiger partial charge in [0.15, 0.2) is 17.3 Å². The average molecular weight is 583 g/mol. The van der Waals surface area contributed by atoms with Crippen molar-refractivity contribution >= 4 is 22.5 Å². The number of fused-ring (bicyclic) bond motifs is 2. The highest BCUT2D eigenvalue weighted by Crippen LogP contribution is 2.46. The maximum atomic E-state index is 15.8. The summed E-state index contributed by atoms with van der Waals surface area (Å²) < 4.78 is 29.5. The summed E-state index contributed by atoms with van der Waals surface area (Å²) in [4.78, 5) is 31.6. The molecule has 4 aromatic rings. The molecule has 0 saturated carbocycles. The van der Waals surface area contributed by atoms with E-state index in [0.29, 0.717) is 36.6 Å². The van der Waals surface area contributed by atoms with E-state index in [9.17, 15) is 9.59 Å². The first-order valence-corrected chi connectivity index (χ1v) is 15.2. The molecule has 3 aliphatic rings. The molecule has 0 aliphatic carbocycles. The summed E-state index contributed by atoms with van der Waals surface area (Å²) in [7, 11) is 0. The van der Waals surface area contributed by atoms with Gasteiger partial charge in [-0.05, 0) is 61.6 Å². The van der Waals surface area contributed by atoms with Crippen LogP contribution in [0.2, 0.25) is 0 Å². The van der Waals surface area contributed by atoms with Crippen molar-refractivity contribution in [2.45, 2.75) is 25.7 Å². The molecule has 8 nitrogen and oxygen atoms in total. The zero-order valence-electron chi connectivity index (χ0n) is 24.1. The third kappa shape index (κ3) is 5.28. The quantitative estimate of drug-likeness (QED) is 0.250. The van der Waals surface area contributed by atoms with E-state index in [1.807, 2.05) is 53.1 Å². The van der Waals surface area contributed by atoms with E-state index in [2.05, 4.69) is 10.2 Å². The molecule has 2 fully saturated rings. The Kier molecular flexibility index (Phi) is 7.59. The molecule has 0 radical (unpaired) electrons. The largest absolute Gasteiger partial charge is 0.451 e. The zero-order valence-corrected chi connectivity index (χ0v) is 24.1. The number of amides is 1. The van der Waals surface area contributed by atoms with Crippen molar-refractivity contribution in [2.24, 2.45) is 0 Å². The summed E-state index contributed by atoms with van der Waals surface area (Å²) in [6, 6.07) is 17.1. The number of nitrogens with zero attached hydrogens (tertiary/aromatic N) is 3. The van der Waals surface area contributed by atoms with E-state index in [1.54, 1.807) is 11.1 Å². The molecule has 4 heterocycles. The number of anilines is 1. The smallest absolute Gasteiger partial charge is 0.259 e. The second-order valence-electron chi connectivity index (χ2n) is 11.4. The normalized spacial score (nSPS) is 16.5. The number of morpholine rings is 1. The highest BCUT2D eigenvalue weighted by molar-refractivity contribution is 6.01. The predicted molar refractivity (Wildman–Crippen MR) is 165 cm³/mol. The predicted octanol–water partition coefficient (Wildman–Crippen LogP) is 5.66. The summed E-state index contributed by atoms with van der Waals surface area (Å²) in [5.41, 5.74) is 2.92. The van der Waals surface area contributed by atoms with Gasteiger partial charge in [0.05, 0.1) is 24.3 Å². The molecule has 3 aromatic carbocycles. The molecule has 1 N–H and O–H groups in total. The minimum atomic E-state index is -0.579. The van der Waals surface area contributed by atoms with Gasteiger partial charge in [-0.3, -0.25) is 14.5 Å². The van der Waals surface area contributed by atoms with Crippen molar-refractivity contribution in [1.82, 2.24) is 14.4 Å². The topological polar surface area (TPSA) is 76.0 Å². The van der Waals surface area contributed by atoms with Gasteiger partial charge in [0.1, 0.15) is 16.8 Å². The van der Waals surface area contributed by atoms with Gasteiger partial charge in [0.2, 0.25) is 5.43 Å². The van der Waals surface area contributed by atoms with Crippen molar-refractivity contribution in [3.05, 3.63) is 82.4 Å². The first kappa shape index (κ1) is 27.6. The molecule has 0 spiro atoms. The Morgan fingerprint density at radius 2 is 1.72 bits per heavy atom. The summed E-state index contributed by atoms with van der Waals surface area (Å²) in [5.74, 6) is -0.106. The van der Waals surface area contributed by atoms with Gasteiger partial charge in [0, 0.05) is 38.9 Å². The second-order valence-corrected chi connectivity index (χ2v) is 11.4. The van der Waals surface area contributed by atoms with E-state index in [-0.39, 0.29) is 28.3 Å². The van der Waals surface area contributed by atoms with Crippen LogP contribution < -0.4 is 15.5 Å². The summed E-state index contributed by atoms with van der Waals surface area (Å²) in [6.45, 7) is 5.88. The summed E-state index contributed by atoms with van der Waals surface area (Å²) >= 11 is 0. The van der Waals surface area contributed by atoms with Crippen molar-refractivity contribution in [1.29, 1.82) is 0 Å². The van der Waals surface area contributed by atoms with Crippen LogP contribution in [0.15, 0.2) is 65.6 Å². The number of benzene rings is 3. The molecular weight excluding hydrogens is 547 g/mol. The van der Waals surface area contributed by atoms with Crippen molar-refractivity contribution in [3.63, 3.8) is 0 Å². The third-order valence-corrected chi connectivity index (χ3v) is 8.66. The molecule has 3 aliphatic heterocycles. The molecule has 7 rings (SSSR count). The first-order valence-electron chi connectivity index (χ1n) is 15.2. The molecule has 9 heteroatoms. The Labute approximate surface area is 249 Å². The lowest BCUT2D eigenvalue weighted by atomic mass is 10.0. The Hall–Kier alpha value is -4.21. The molecule has 1 amide bonds. The minimum Gasteiger partial charge on any atom is -0.451 e. The Morgan fingerprint density at radius 3 is 2.51 bits per heavy atom. The van der Waals surface area contributed by atoms with Crippen LogP contribution >= 0.6 is 0 Å². The van der Waals surface area contributed by atoms with E-state index in [1.165, 1.54) is 6.07 Å². The number of carbonyl (C=O) groups excluding carboxylic acids is 1. The standard InChI is InChI=1S/C34H35FN4O4/c35-27-21-25-31-33(30(27)36-12-7-13-37-16-18-42-19-17-37)43-29-11-10-24(23-8-3-1-4-9-23)20-28(29)39(31)22-26(32(25)40)34(41)38-14-5-2-6-15-38/h1,3-4,8-11,20-22,36H,2,5-7,12-19H2. The van der Waals surface area contributed by atoms with Crippen molar-refractivity contribution in [2.75, 3.05) is 57.8 Å². The third-order valence-electron chi connectivity index (χ3n) is 8.66. The van der Waals surface area contributed by atoms with Gasteiger partial charge >= 0.3 is 0 Å². The van der Waals surface area contributed by atoms with E-state index < -0.39 is 11.2 Å². The van der Waals surface area contributed by atoms with Crippen LogP contribution in [0.25, 0.3) is 27.7 Å². The highest BCUT2D eigenvalue weighted by atomic mass is 19.1. The highest BCUT2D eigenvalue weighted by Gasteiger charge is 2.30. The van der Waals surface area contributed by atoms with Gasteiger partial charge in [-0.25, -0.2) is 4.39 Å². The molecule has 2 saturated heterocycles. The lowest BCUT2D eigenvalue weighted by molar-refractivity contribution is 0.0378. The SMILES string of the molecule is O=C(c1cn2c3c(c(NCCCN4CCOCC4)c(F)cc3c1=O)Oc1ccc(-c3ccccc3)cc1-2)N1CCCCC1. The van der Waals surface area contributed by atoms with Crippen LogP contribution in [0.1, 0.15) is 36.0 Å². The molecule has 43 heavy (non-hydrogen) atoms. The van der Waals surface area contributed by atoms with Crippen LogP contribution in [-0.2, 0) is 4.74 Å². The molecular formula is C34H35FN4O4. The number of hydrogen-bond donors (Lipinski definition) is 1. The number of piperidine rings is 1. The van der Waals surface area contributed by atoms with Gasteiger partial charge in [-0.1, -0.05) is 36.4 Å². The number of rotatable bonds is 7. The number of pyridine rings is 1. The number of hydrogen-bond acceptors (Lipinski definition) is 6. The van der Waals surface area contributed by atoms with Crippen molar-refractivity contribution < 1.29 is 18.7 Å². The Morgan fingerprint density at radius 1 is 0.930 bits per heavy atom. The fourth-order valence-corrected chi connectivity index (χ4v) is 6.35. The first-order chi connectivity index (χ1) is 21.1. The molecule has 0 bridgehead atoms. The van der Waals surface area contributed by atoms with E-state index in [0.717, 1.165) is 69.7 Å². The fourth-order valence-electron chi connectivity index (χ4n) is 6.35. The maximum absolute atomic E-state index is 15.8.